The first-order valence-corrected chi connectivity index (χ1v) is 8.90. The number of carbonyl (C=O) groups excluding carboxylic acids is 1. The van der Waals surface area contributed by atoms with Gasteiger partial charge in [0, 0.05) is 16.1 Å². The summed E-state index contributed by atoms with van der Waals surface area (Å²) in [4.78, 5) is 12.6. The first-order chi connectivity index (χ1) is 12.6. The second-order valence-corrected chi connectivity index (χ2v) is 6.71. The Morgan fingerprint density at radius 2 is 1.96 bits per heavy atom. The van der Waals surface area contributed by atoms with Gasteiger partial charge in [0.25, 0.3) is 0 Å². The highest BCUT2D eigenvalue weighted by Gasteiger charge is 2.24. The molecule has 2 aromatic carbocycles. The van der Waals surface area contributed by atoms with Crippen LogP contribution in [0.4, 0.5) is 10.2 Å². The van der Waals surface area contributed by atoms with Gasteiger partial charge < -0.3 is 5.32 Å². The number of nitrogens with one attached hydrogen (secondary N) is 1. The van der Waals surface area contributed by atoms with E-state index >= 15 is 0 Å². The first kappa shape index (κ1) is 16.8. The Kier molecular flexibility index (Phi) is 4.47. The third-order valence-electron chi connectivity index (χ3n) is 4.56. The van der Waals surface area contributed by atoms with E-state index in [0.29, 0.717) is 5.82 Å². The summed E-state index contributed by atoms with van der Waals surface area (Å²) in [5.74, 6) is -0.126. The number of nitrogens with zero attached hydrogens (tertiary/aromatic N) is 2. The van der Waals surface area contributed by atoms with Crippen molar-refractivity contribution in [2.75, 3.05) is 5.32 Å². The zero-order chi connectivity index (χ0) is 18.1. The molecule has 0 radical (unpaired) electrons. The number of aryl methyl sites for hydroxylation is 1. The fourth-order valence-electron chi connectivity index (χ4n) is 3.31. The number of rotatable bonds is 4. The molecular formula is C20H17ClFN3O. The molecular weight excluding hydrogens is 353 g/mol. The van der Waals surface area contributed by atoms with Gasteiger partial charge in [0.1, 0.15) is 11.6 Å². The van der Waals surface area contributed by atoms with Gasteiger partial charge in [-0.2, -0.15) is 5.10 Å². The van der Waals surface area contributed by atoms with Gasteiger partial charge in [-0.25, -0.2) is 9.07 Å². The number of amides is 1. The zero-order valence-electron chi connectivity index (χ0n) is 14.0. The smallest absolute Gasteiger partial charge is 0.230 e. The Labute approximate surface area is 155 Å². The minimum Gasteiger partial charge on any atom is -0.310 e. The van der Waals surface area contributed by atoms with Crippen LogP contribution in [-0.4, -0.2) is 15.7 Å². The van der Waals surface area contributed by atoms with Crippen LogP contribution in [0.1, 0.15) is 23.2 Å². The molecule has 26 heavy (non-hydrogen) atoms. The second kappa shape index (κ2) is 6.92. The largest absolute Gasteiger partial charge is 0.310 e. The molecule has 6 heteroatoms. The molecule has 0 saturated heterocycles. The zero-order valence-corrected chi connectivity index (χ0v) is 14.8. The average Bonchev–Trinajstić information content (AvgIpc) is 3.22. The Morgan fingerprint density at radius 1 is 1.15 bits per heavy atom. The molecule has 1 aliphatic rings. The standard InChI is InChI=1S/C20H17ClFN3O/c21-16-9-5-10-17(22)15(16)12-19(26)23-20-14-8-4-11-18(14)24-25(20)13-6-2-1-3-7-13/h1-3,5-7,9-10H,4,8,11-12H2,(H,23,26). The summed E-state index contributed by atoms with van der Waals surface area (Å²) in [6, 6.07) is 14.1. The molecule has 0 unspecified atom stereocenters. The van der Waals surface area contributed by atoms with Gasteiger partial charge in [0.15, 0.2) is 0 Å². The highest BCUT2D eigenvalue weighted by molar-refractivity contribution is 6.31. The molecule has 1 amide bonds. The van der Waals surface area contributed by atoms with E-state index in [1.165, 1.54) is 12.1 Å². The van der Waals surface area contributed by atoms with E-state index in [1.807, 2.05) is 30.3 Å². The highest BCUT2D eigenvalue weighted by Crippen LogP contribution is 2.31. The monoisotopic (exact) mass is 369 g/mol. The van der Waals surface area contributed by atoms with Crippen LogP contribution in [0.15, 0.2) is 48.5 Å². The van der Waals surface area contributed by atoms with Crippen molar-refractivity contribution < 1.29 is 9.18 Å². The average molecular weight is 370 g/mol. The molecule has 0 bridgehead atoms. The maximum Gasteiger partial charge on any atom is 0.230 e. The first-order valence-electron chi connectivity index (χ1n) is 8.52. The lowest BCUT2D eigenvalue weighted by atomic mass is 10.1. The van der Waals surface area contributed by atoms with Gasteiger partial charge in [0.2, 0.25) is 5.91 Å². The molecule has 0 fully saturated rings. The summed E-state index contributed by atoms with van der Waals surface area (Å²) in [5, 5.41) is 7.84. The predicted molar refractivity (Wildman–Crippen MR) is 99.3 cm³/mol. The number of carbonyl (C=O) groups is 1. The van der Waals surface area contributed by atoms with Gasteiger partial charge >= 0.3 is 0 Å². The Balaban J connectivity index is 1.65. The Hall–Kier alpha value is -2.66. The van der Waals surface area contributed by atoms with E-state index in [-0.39, 0.29) is 22.9 Å². The molecule has 1 N–H and O–H groups in total. The summed E-state index contributed by atoms with van der Waals surface area (Å²) >= 11 is 6.04. The van der Waals surface area contributed by atoms with Crippen molar-refractivity contribution in [3.05, 3.63) is 76.2 Å². The normalized spacial score (nSPS) is 12.8. The number of fused-ring (bicyclic) bond motifs is 1. The molecule has 0 atom stereocenters. The fourth-order valence-corrected chi connectivity index (χ4v) is 3.54. The van der Waals surface area contributed by atoms with Crippen molar-refractivity contribution in [2.24, 2.45) is 0 Å². The van der Waals surface area contributed by atoms with E-state index in [2.05, 4.69) is 10.4 Å². The number of aromatic nitrogens is 2. The highest BCUT2D eigenvalue weighted by atomic mass is 35.5. The quantitative estimate of drug-likeness (QED) is 0.743. The van der Waals surface area contributed by atoms with Crippen LogP contribution in [0, 0.1) is 5.82 Å². The SMILES string of the molecule is O=C(Cc1c(F)cccc1Cl)Nc1c2c(nn1-c1ccccc1)CCC2. The van der Waals surface area contributed by atoms with E-state index in [9.17, 15) is 9.18 Å². The second-order valence-electron chi connectivity index (χ2n) is 6.30. The fraction of sp³-hybridized carbons (Fsp3) is 0.200. The van der Waals surface area contributed by atoms with Crippen molar-refractivity contribution >= 4 is 23.3 Å². The minimum atomic E-state index is -0.477. The summed E-state index contributed by atoms with van der Waals surface area (Å²) in [5.41, 5.74) is 3.14. The third-order valence-corrected chi connectivity index (χ3v) is 4.92. The summed E-state index contributed by atoms with van der Waals surface area (Å²) < 4.78 is 15.7. The number of para-hydroxylation sites is 1. The van der Waals surface area contributed by atoms with Crippen molar-refractivity contribution in [1.29, 1.82) is 0 Å². The van der Waals surface area contributed by atoms with Crippen LogP contribution in [0.25, 0.3) is 5.69 Å². The summed E-state index contributed by atoms with van der Waals surface area (Å²) in [7, 11) is 0. The summed E-state index contributed by atoms with van der Waals surface area (Å²) in [6.07, 6.45) is 2.67. The lowest BCUT2D eigenvalue weighted by Crippen LogP contribution is -2.19. The van der Waals surface area contributed by atoms with Gasteiger partial charge in [-0.15, -0.1) is 0 Å². The molecule has 1 aromatic heterocycles. The molecule has 0 saturated carbocycles. The molecule has 4 nitrogen and oxygen atoms in total. The number of benzene rings is 2. The molecule has 4 rings (SSSR count). The van der Waals surface area contributed by atoms with E-state index in [4.69, 9.17) is 11.6 Å². The van der Waals surface area contributed by atoms with Crippen LogP contribution >= 0.6 is 11.6 Å². The molecule has 3 aromatic rings. The Morgan fingerprint density at radius 3 is 2.73 bits per heavy atom. The van der Waals surface area contributed by atoms with Crippen molar-refractivity contribution in [3.63, 3.8) is 0 Å². The van der Waals surface area contributed by atoms with Crippen LogP contribution in [0.5, 0.6) is 0 Å². The van der Waals surface area contributed by atoms with E-state index in [0.717, 1.165) is 36.2 Å². The number of hydrogen-bond donors (Lipinski definition) is 1. The van der Waals surface area contributed by atoms with Crippen LogP contribution in [0.3, 0.4) is 0 Å². The van der Waals surface area contributed by atoms with Crippen molar-refractivity contribution in [1.82, 2.24) is 9.78 Å². The third kappa shape index (κ3) is 3.10. The number of hydrogen-bond acceptors (Lipinski definition) is 2. The van der Waals surface area contributed by atoms with Crippen LogP contribution in [0.2, 0.25) is 5.02 Å². The lowest BCUT2D eigenvalue weighted by molar-refractivity contribution is -0.115. The molecule has 0 aliphatic heterocycles. The van der Waals surface area contributed by atoms with Gasteiger partial charge in [-0.3, -0.25) is 4.79 Å². The van der Waals surface area contributed by atoms with E-state index < -0.39 is 5.82 Å². The Bertz CT molecular complexity index is 948. The van der Waals surface area contributed by atoms with E-state index in [1.54, 1.807) is 10.7 Å². The summed E-state index contributed by atoms with van der Waals surface area (Å²) in [6.45, 7) is 0. The number of anilines is 1. The van der Waals surface area contributed by atoms with Gasteiger partial charge in [0.05, 0.1) is 17.8 Å². The van der Waals surface area contributed by atoms with Crippen molar-refractivity contribution in [2.45, 2.75) is 25.7 Å². The lowest BCUT2D eigenvalue weighted by Gasteiger charge is -2.12. The minimum absolute atomic E-state index is 0.125. The molecule has 0 spiro atoms. The topological polar surface area (TPSA) is 46.9 Å². The molecule has 132 valence electrons. The molecule has 1 heterocycles. The van der Waals surface area contributed by atoms with Crippen LogP contribution < -0.4 is 5.32 Å². The van der Waals surface area contributed by atoms with Crippen molar-refractivity contribution in [3.8, 4) is 5.69 Å². The van der Waals surface area contributed by atoms with Gasteiger partial charge in [-0.05, 0) is 43.5 Å². The number of halogens is 2. The van der Waals surface area contributed by atoms with Gasteiger partial charge in [-0.1, -0.05) is 35.9 Å². The predicted octanol–water partition coefficient (Wildman–Crippen LogP) is 4.33. The maximum atomic E-state index is 14.0. The maximum absolute atomic E-state index is 14.0. The van der Waals surface area contributed by atoms with Crippen LogP contribution in [-0.2, 0) is 24.1 Å². The molecule has 1 aliphatic carbocycles.